The van der Waals surface area contributed by atoms with Crippen LogP contribution in [0, 0.1) is 5.41 Å². The van der Waals surface area contributed by atoms with Crippen molar-refractivity contribution in [3.63, 3.8) is 0 Å². The van der Waals surface area contributed by atoms with Crippen LogP contribution in [0.1, 0.15) is 40.5 Å². The summed E-state index contributed by atoms with van der Waals surface area (Å²) in [7, 11) is 0. The maximum atomic E-state index is 9.29. The van der Waals surface area contributed by atoms with Crippen LogP contribution < -0.4 is 5.32 Å². The van der Waals surface area contributed by atoms with Crippen LogP contribution in [0.4, 0.5) is 0 Å². The molecule has 0 saturated carbocycles. The molecule has 0 rings (SSSR count). The van der Waals surface area contributed by atoms with E-state index in [9.17, 15) is 5.11 Å². The maximum absolute atomic E-state index is 9.29. The Bertz CT molecular complexity index is 146. The molecule has 0 fully saturated rings. The minimum Gasteiger partial charge on any atom is -0.396 e. The molecule has 3 nitrogen and oxygen atoms in total. The minimum atomic E-state index is -0.316. The Labute approximate surface area is 87.5 Å². The molecule has 0 bridgehead atoms. The molecule has 0 radical (unpaired) electrons. The van der Waals surface area contributed by atoms with Crippen molar-refractivity contribution in [2.75, 3.05) is 13.2 Å². The van der Waals surface area contributed by atoms with Gasteiger partial charge in [-0.05, 0) is 32.1 Å². The van der Waals surface area contributed by atoms with Crippen molar-refractivity contribution in [1.82, 2.24) is 5.32 Å². The fraction of sp³-hybridized carbons (Fsp3) is 1.00. The first-order valence-corrected chi connectivity index (χ1v) is 5.41. The third-order valence-corrected chi connectivity index (χ3v) is 2.64. The summed E-state index contributed by atoms with van der Waals surface area (Å²) in [6.45, 7) is 9.24. The normalized spacial score (nSPS) is 16.7. The highest BCUT2D eigenvalue weighted by Gasteiger charge is 2.19. The molecule has 3 N–H and O–H groups in total. The summed E-state index contributed by atoms with van der Waals surface area (Å²) in [4.78, 5) is 0. The molecule has 0 aromatic heterocycles. The molecule has 0 aromatic carbocycles. The van der Waals surface area contributed by atoms with Gasteiger partial charge in [0.15, 0.2) is 0 Å². The molecule has 0 aliphatic rings. The second kappa shape index (κ2) is 6.38. The van der Waals surface area contributed by atoms with E-state index in [0.717, 1.165) is 19.4 Å². The summed E-state index contributed by atoms with van der Waals surface area (Å²) in [6.07, 6.45) is 1.53. The van der Waals surface area contributed by atoms with Gasteiger partial charge in [-0.25, -0.2) is 0 Å². The predicted octanol–water partition coefficient (Wildman–Crippen LogP) is 1.14. The second-order valence-corrected chi connectivity index (χ2v) is 4.90. The van der Waals surface area contributed by atoms with Crippen molar-refractivity contribution in [2.24, 2.45) is 5.41 Å². The average Bonchev–Trinajstić information content (AvgIpc) is 2.11. The Morgan fingerprint density at radius 3 is 2.29 bits per heavy atom. The number of aliphatic hydroxyl groups excluding tert-OH is 2. The lowest BCUT2D eigenvalue weighted by Crippen LogP contribution is -2.41. The molecule has 0 aliphatic carbocycles. The van der Waals surface area contributed by atoms with Gasteiger partial charge in [-0.3, -0.25) is 0 Å². The van der Waals surface area contributed by atoms with E-state index in [1.54, 1.807) is 6.92 Å². The number of hydrogen-bond donors (Lipinski definition) is 3. The van der Waals surface area contributed by atoms with E-state index >= 15 is 0 Å². The predicted molar refractivity (Wildman–Crippen MR) is 59.2 cm³/mol. The van der Waals surface area contributed by atoms with E-state index in [-0.39, 0.29) is 24.2 Å². The van der Waals surface area contributed by atoms with Crippen molar-refractivity contribution < 1.29 is 10.2 Å². The third kappa shape index (κ3) is 6.35. The molecule has 14 heavy (non-hydrogen) atoms. The summed E-state index contributed by atoms with van der Waals surface area (Å²) in [5.41, 5.74) is 0.186. The topological polar surface area (TPSA) is 52.5 Å². The van der Waals surface area contributed by atoms with Gasteiger partial charge in [0.05, 0.1) is 6.10 Å². The molecule has 0 amide bonds. The molecule has 2 atom stereocenters. The van der Waals surface area contributed by atoms with Crippen LogP contribution in [0.3, 0.4) is 0 Å². The van der Waals surface area contributed by atoms with Gasteiger partial charge in [0.25, 0.3) is 0 Å². The summed E-state index contributed by atoms with van der Waals surface area (Å²) >= 11 is 0. The first-order valence-electron chi connectivity index (χ1n) is 5.41. The molecule has 0 spiro atoms. The zero-order valence-corrected chi connectivity index (χ0v) is 9.88. The molecule has 0 saturated heterocycles. The van der Waals surface area contributed by atoms with Crippen molar-refractivity contribution in [3.05, 3.63) is 0 Å². The Hall–Kier alpha value is -0.120. The molecule has 0 aromatic rings. The Balaban J connectivity index is 3.74. The van der Waals surface area contributed by atoms with Gasteiger partial charge in [-0.1, -0.05) is 13.8 Å². The van der Waals surface area contributed by atoms with Gasteiger partial charge in [0.1, 0.15) is 0 Å². The first kappa shape index (κ1) is 13.9. The Kier molecular flexibility index (Phi) is 6.33. The van der Waals surface area contributed by atoms with Gasteiger partial charge in [-0.15, -0.1) is 0 Å². The Morgan fingerprint density at radius 2 is 1.86 bits per heavy atom. The number of rotatable bonds is 7. The summed E-state index contributed by atoms with van der Waals surface area (Å²) in [5.74, 6) is 0. The number of hydrogen-bond acceptors (Lipinski definition) is 3. The number of aliphatic hydroxyl groups is 2. The van der Waals surface area contributed by atoms with E-state index < -0.39 is 0 Å². The highest BCUT2D eigenvalue weighted by molar-refractivity contribution is 4.75. The second-order valence-electron chi connectivity index (χ2n) is 4.90. The van der Waals surface area contributed by atoms with Crippen LogP contribution in [0.2, 0.25) is 0 Å². The van der Waals surface area contributed by atoms with E-state index in [0.29, 0.717) is 0 Å². The van der Waals surface area contributed by atoms with Crippen molar-refractivity contribution in [3.8, 4) is 0 Å². The largest absolute Gasteiger partial charge is 0.396 e. The SMILES string of the molecule is CC(O)C(C)NCC(C)(C)CCCO. The minimum absolute atomic E-state index is 0.128. The van der Waals surface area contributed by atoms with Gasteiger partial charge >= 0.3 is 0 Å². The molecule has 3 heteroatoms. The molecule has 86 valence electrons. The van der Waals surface area contributed by atoms with Crippen LogP contribution >= 0.6 is 0 Å². The lowest BCUT2D eigenvalue weighted by atomic mass is 9.87. The smallest absolute Gasteiger partial charge is 0.0662 e. The quantitative estimate of drug-likeness (QED) is 0.581. The highest BCUT2D eigenvalue weighted by atomic mass is 16.3. The molecule has 2 unspecified atom stereocenters. The number of nitrogens with one attached hydrogen (secondary N) is 1. The fourth-order valence-electron chi connectivity index (χ4n) is 1.25. The van der Waals surface area contributed by atoms with Gasteiger partial charge in [-0.2, -0.15) is 0 Å². The summed E-state index contributed by atoms with van der Waals surface area (Å²) in [6, 6.07) is 0.128. The highest BCUT2D eigenvalue weighted by Crippen LogP contribution is 2.20. The van der Waals surface area contributed by atoms with Gasteiger partial charge in [0.2, 0.25) is 0 Å². The van der Waals surface area contributed by atoms with E-state index in [4.69, 9.17) is 5.11 Å². The third-order valence-electron chi connectivity index (χ3n) is 2.64. The van der Waals surface area contributed by atoms with Crippen LogP contribution in [0.5, 0.6) is 0 Å². The Morgan fingerprint density at radius 1 is 1.29 bits per heavy atom. The van der Waals surface area contributed by atoms with Crippen molar-refractivity contribution in [2.45, 2.75) is 52.7 Å². The van der Waals surface area contributed by atoms with Crippen molar-refractivity contribution in [1.29, 1.82) is 0 Å². The van der Waals surface area contributed by atoms with E-state index in [1.165, 1.54) is 0 Å². The van der Waals surface area contributed by atoms with E-state index in [2.05, 4.69) is 19.2 Å². The fourth-order valence-corrected chi connectivity index (χ4v) is 1.25. The van der Waals surface area contributed by atoms with Gasteiger partial charge < -0.3 is 15.5 Å². The standard InChI is InChI=1S/C11H25NO2/c1-9(10(2)14)12-8-11(3,4)6-5-7-13/h9-10,12-14H,5-8H2,1-4H3. The zero-order chi connectivity index (χ0) is 11.2. The molecular formula is C11H25NO2. The van der Waals surface area contributed by atoms with Crippen molar-refractivity contribution >= 4 is 0 Å². The molecular weight excluding hydrogens is 178 g/mol. The summed E-state index contributed by atoms with van der Waals surface area (Å²) < 4.78 is 0. The van der Waals surface area contributed by atoms with Crippen LogP contribution in [-0.2, 0) is 0 Å². The molecule has 0 heterocycles. The maximum Gasteiger partial charge on any atom is 0.0662 e. The lowest BCUT2D eigenvalue weighted by Gasteiger charge is -2.28. The summed E-state index contributed by atoms with van der Waals surface area (Å²) in [5, 5.41) is 21.3. The first-order chi connectivity index (χ1) is 6.39. The monoisotopic (exact) mass is 203 g/mol. The zero-order valence-electron chi connectivity index (χ0n) is 9.88. The van der Waals surface area contributed by atoms with Crippen LogP contribution in [0.15, 0.2) is 0 Å². The molecule has 0 aliphatic heterocycles. The van der Waals surface area contributed by atoms with E-state index in [1.807, 2.05) is 6.92 Å². The van der Waals surface area contributed by atoms with Crippen LogP contribution in [0.25, 0.3) is 0 Å². The van der Waals surface area contributed by atoms with Gasteiger partial charge in [0, 0.05) is 19.2 Å². The lowest BCUT2D eigenvalue weighted by molar-refractivity contribution is 0.141. The van der Waals surface area contributed by atoms with Crippen LogP contribution in [-0.4, -0.2) is 35.5 Å². The average molecular weight is 203 g/mol.